The van der Waals surface area contributed by atoms with Crippen LogP contribution in [0.25, 0.3) is 0 Å². The zero-order valence-electron chi connectivity index (χ0n) is 15.0. The quantitative estimate of drug-likeness (QED) is 0.854. The first kappa shape index (κ1) is 19.3. The number of amides is 1. The second-order valence-electron chi connectivity index (χ2n) is 7.32. The molecule has 2 atom stereocenters. The van der Waals surface area contributed by atoms with Gasteiger partial charge in [0, 0.05) is 27.5 Å². The average molecular weight is 361 g/mol. The second-order valence-corrected chi connectivity index (χ2v) is 8.70. The van der Waals surface area contributed by atoms with Crippen LogP contribution in [0.3, 0.4) is 0 Å². The lowest BCUT2D eigenvalue weighted by molar-refractivity contribution is 0.0926. The molecule has 0 aliphatic rings. The maximum Gasteiger partial charge on any atom is 0.251 e. The van der Waals surface area contributed by atoms with E-state index in [0.29, 0.717) is 10.5 Å². The van der Waals surface area contributed by atoms with Gasteiger partial charge in [0.25, 0.3) is 5.91 Å². The Morgan fingerprint density at radius 2 is 1.64 bits per heavy atom. The fraction of sp³-hybridized carbons (Fsp3) is 0.350. The predicted molar refractivity (Wildman–Crippen MR) is 99.5 cm³/mol. The molecule has 0 aliphatic carbocycles. The Balaban J connectivity index is 2.21. The van der Waals surface area contributed by atoms with E-state index in [1.807, 2.05) is 0 Å². The van der Waals surface area contributed by atoms with E-state index in [0.717, 1.165) is 12.0 Å². The Morgan fingerprint density at radius 1 is 1.08 bits per heavy atom. The van der Waals surface area contributed by atoms with Crippen LogP contribution in [0.5, 0.6) is 0 Å². The van der Waals surface area contributed by atoms with Gasteiger partial charge in [-0.1, -0.05) is 32.9 Å². The molecule has 0 spiro atoms. The number of hydrogen-bond donors (Lipinski definition) is 1. The van der Waals surface area contributed by atoms with E-state index in [1.54, 1.807) is 42.7 Å². The highest BCUT2D eigenvalue weighted by Crippen LogP contribution is 2.30. The molecule has 2 aromatic carbocycles. The maximum absolute atomic E-state index is 13.2. The molecule has 2 rings (SSSR count). The normalized spacial score (nSPS) is 14.0. The third-order valence-electron chi connectivity index (χ3n) is 3.84. The SMILES string of the molecule is CS(=O)c1ccc(C(=O)NC(CC(C)(C)C)c2ccc(F)cc2)cc1. The monoisotopic (exact) mass is 361 g/mol. The molecule has 1 amide bonds. The molecule has 0 radical (unpaired) electrons. The molecule has 3 nitrogen and oxygen atoms in total. The van der Waals surface area contributed by atoms with Crippen LogP contribution in [0.4, 0.5) is 4.39 Å². The van der Waals surface area contributed by atoms with E-state index >= 15 is 0 Å². The van der Waals surface area contributed by atoms with E-state index < -0.39 is 10.8 Å². The number of halogens is 1. The lowest BCUT2D eigenvalue weighted by Gasteiger charge is -2.27. The Kier molecular flexibility index (Phi) is 6.11. The minimum absolute atomic E-state index is 0.00466. The van der Waals surface area contributed by atoms with Crippen molar-refractivity contribution in [1.29, 1.82) is 0 Å². The van der Waals surface area contributed by atoms with Crippen molar-refractivity contribution in [3.63, 3.8) is 0 Å². The lowest BCUT2D eigenvalue weighted by Crippen LogP contribution is -2.31. The topological polar surface area (TPSA) is 46.2 Å². The Morgan fingerprint density at radius 3 is 2.12 bits per heavy atom. The van der Waals surface area contributed by atoms with Crippen molar-refractivity contribution in [2.75, 3.05) is 6.26 Å². The summed E-state index contributed by atoms with van der Waals surface area (Å²) in [6.07, 6.45) is 2.32. The zero-order valence-corrected chi connectivity index (χ0v) is 15.8. The fourth-order valence-electron chi connectivity index (χ4n) is 2.60. The van der Waals surface area contributed by atoms with Gasteiger partial charge in [0.15, 0.2) is 0 Å². The molecular weight excluding hydrogens is 337 g/mol. The van der Waals surface area contributed by atoms with Gasteiger partial charge in [-0.3, -0.25) is 9.00 Å². The lowest BCUT2D eigenvalue weighted by atomic mass is 9.85. The van der Waals surface area contributed by atoms with E-state index in [2.05, 4.69) is 26.1 Å². The molecule has 25 heavy (non-hydrogen) atoms. The predicted octanol–water partition coefficient (Wildman–Crippen LogP) is 4.47. The minimum atomic E-state index is -1.07. The summed E-state index contributed by atoms with van der Waals surface area (Å²) >= 11 is 0. The highest BCUT2D eigenvalue weighted by atomic mass is 32.2. The van der Waals surface area contributed by atoms with Crippen molar-refractivity contribution in [1.82, 2.24) is 5.32 Å². The molecule has 134 valence electrons. The van der Waals surface area contributed by atoms with Crippen LogP contribution < -0.4 is 5.32 Å². The Hall–Kier alpha value is -2.01. The molecule has 0 aromatic heterocycles. The molecule has 0 aliphatic heterocycles. The Labute approximate surface area is 151 Å². The van der Waals surface area contributed by atoms with Crippen molar-refractivity contribution in [3.8, 4) is 0 Å². The van der Waals surface area contributed by atoms with Crippen LogP contribution in [-0.4, -0.2) is 16.4 Å². The van der Waals surface area contributed by atoms with Crippen LogP contribution in [0.15, 0.2) is 53.4 Å². The van der Waals surface area contributed by atoms with Crippen molar-refractivity contribution in [2.45, 2.75) is 38.1 Å². The summed E-state index contributed by atoms with van der Waals surface area (Å²) in [5.41, 5.74) is 1.38. The fourth-order valence-corrected chi connectivity index (χ4v) is 3.12. The van der Waals surface area contributed by atoms with Crippen LogP contribution in [0.1, 0.15) is 49.2 Å². The molecule has 0 saturated heterocycles. The first-order chi connectivity index (χ1) is 11.7. The number of rotatable bonds is 5. The summed E-state index contributed by atoms with van der Waals surface area (Å²) < 4.78 is 24.7. The highest BCUT2D eigenvalue weighted by Gasteiger charge is 2.22. The minimum Gasteiger partial charge on any atom is -0.345 e. The van der Waals surface area contributed by atoms with Gasteiger partial charge >= 0.3 is 0 Å². The van der Waals surface area contributed by atoms with Crippen LogP contribution in [-0.2, 0) is 10.8 Å². The number of nitrogens with one attached hydrogen (secondary N) is 1. The number of carbonyl (C=O) groups excluding carboxylic acids is 1. The van der Waals surface area contributed by atoms with Gasteiger partial charge < -0.3 is 5.32 Å². The first-order valence-corrected chi connectivity index (χ1v) is 9.71. The summed E-state index contributed by atoms with van der Waals surface area (Å²) in [7, 11) is -1.07. The summed E-state index contributed by atoms with van der Waals surface area (Å²) in [5.74, 6) is -0.500. The summed E-state index contributed by atoms with van der Waals surface area (Å²) in [4.78, 5) is 13.3. The number of carbonyl (C=O) groups is 1. The molecule has 5 heteroatoms. The third kappa shape index (κ3) is 5.78. The van der Waals surface area contributed by atoms with Crippen molar-refractivity contribution < 1.29 is 13.4 Å². The van der Waals surface area contributed by atoms with E-state index in [-0.39, 0.29) is 23.2 Å². The second kappa shape index (κ2) is 7.91. The molecular formula is C20H24FNO2S. The third-order valence-corrected chi connectivity index (χ3v) is 4.78. The van der Waals surface area contributed by atoms with Crippen molar-refractivity contribution in [3.05, 3.63) is 65.5 Å². The molecule has 0 bridgehead atoms. The molecule has 0 fully saturated rings. The van der Waals surface area contributed by atoms with Gasteiger partial charge in [-0.25, -0.2) is 4.39 Å². The zero-order chi connectivity index (χ0) is 18.6. The largest absolute Gasteiger partial charge is 0.345 e. The van der Waals surface area contributed by atoms with Crippen LogP contribution in [0, 0.1) is 11.2 Å². The van der Waals surface area contributed by atoms with E-state index in [4.69, 9.17) is 0 Å². The Bertz CT molecular complexity index is 749. The summed E-state index contributed by atoms with van der Waals surface area (Å²) in [6, 6.07) is 12.7. The molecule has 2 aromatic rings. The maximum atomic E-state index is 13.2. The smallest absolute Gasteiger partial charge is 0.251 e. The van der Waals surface area contributed by atoms with Gasteiger partial charge in [0.1, 0.15) is 5.82 Å². The molecule has 0 saturated carbocycles. The van der Waals surface area contributed by atoms with Crippen LogP contribution in [0.2, 0.25) is 0 Å². The summed E-state index contributed by atoms with van der Waals surface area (Å²) in [6.45, 7) is 6.29. The molecule has 0 heterocycles. The van der Waals surface area contributed by atoms with Gasteiger partial charge in [-0.05, 0) is 53.8 Å². The average Bonchev–Trinajstić information content (AvgIpc) is 2.53. The molecule has 2 unspecified atom stereocenters. The van der Waals surface area contributed by atoms with Crippen molar-refractivity contribution >= 4 is 16.7 Å². The van der Waals surface area contributed by atoms with E-state index in [9.17, 15) is 13.4 Å². The summed E-state index contributed by atoms with van der Waals surface area (Å²) in [5, 5.41) is 3.04. The van der Waals surface area contributed by atoms with Crippen molar-refractivity contribution in [2.24, 2.45) is 5.41 Å². The van der Waals surface area contributed by atoms with Gasteiger partial charge in [-0.15, -0.1) is 0 Å². The number of hydrogen-bond acceptors (Lipinski definition) is 2. The van der Waals surface area contributed by atoms with Gasteiger partial charge in [0.05, 0.1) is 6.04 Å². The molecule has 1 N–H and O–H groups in total. The van der Waals surface area contributed by atoms with E-state index in [1.165, 1.54) is 12.1 Å². The number of benzene rings is 2. The first-order valence-electron chi connectivity index (χ1n) is 8.15. The highest BCUT2D eigenvalue weighted by molar-refractivity contribution is 7.84. The van der Waals surface area contributed by atoms with Gasteiger partial charge in [0.2, 0.25) is 0 Å². The van der Waals surface area contributed by atoms with Crippen LogP contribution >= 0.6 is 0 Å². The standard InChI is InChI=1S/C20H24FNO2S/c1-20(2,3)13-18(14-5-9-16(21)10-6-14)22-19(23)15-7-11-17(12-8-15)25(4)24/h5-12,18H,13H2,1-4H3,(H,22,23). The van der Waals surface area contributed by atoms with Gasteiger partial charge in [-0.2, -0.15) is 0 Å².